The predicted molar refractivity (Wildman–Crippen MR) is 83.6 cm³/mol. The van der Waals surface area contributed by atoms with Crippen molar-refractivity contribution in [3.63, 3.8) is 0 Å². The molecule has 0 bridgehead atoms. The Morgan fingerprint density at radius 2 is 1.87 bits per heavy atom. The van der Waals surface area contributed by atoms with Crippen molar-refractivity contribution in [3.05, 3.63) is 35.9 Å². The van der Waals surface area contributed by atoms with E-state index in [9.17, 15) is 14.7 Å². The molecule has 1 N–H and O–H groups in total. The minimum Gasteiger partial charge on any atom is -0.466 e. The lowest BCUT2D eigenvalue weighted by atomic mass is 9.98. The summed E-state index contributed by atoms with van der Waals surface area (Å²) in [6.45, 7) is 2.96. The van der Waals surface area contributed by atoms with E-state index in [1.54, 1.807) is 6.92 Å². The van der Waals surface area contributed by atoms with Gasteiger partial charge in [-0.3, -0.25) is 4.79 Å². The van der Waals surface area contributed by atoms with Gasteiger partial charge in [-0.1, -0.05) is 30.3 Å². The monoisotopic (exact) mass is 321 g/mol. The van der Waals surface area contributed by atoms with E-state index >= 15 is 0 Å². The number of aliphatic hydroxyl groups excluding tert-OH is 1. The normalized spacial score (nSPS) is 21.4. The van der Waals surface area contributed by atoms with Crippen molar-refractivity contribution in [2.45, 2.75) is 32.5 Å². The third kappa shape index (κ3) is 4.96. The number of hydrogen-bond donors (Lipinski definition) is 1. The van der Waals surface area contributed by atoms with Gasteiger partial charge in [0.15, 0.2) is 0 Å². The van der Waals surface area contributed by atoms with Crippen LogP contribution in [0.3, 0.4) is 0 Å². The molecule has 6 heteroatoms. The van der Waals surface area contributed by atoms with Crippen LogP contribution in [0.5, 0.6) is 0 Å². The van der Waals surface area contributed by atoms with Crippen LogP contribution in [0.15, 0.2) is 30.3 Å². The molecule has 0 saturated carbocycles. The van der Waals surface area contributed by atoms with E-state index in [0.717, 1.165) is 5.56 Å². The van der Waals surface area contributed by atoms with Crippen LogP contribution in [0.1, 0.15) is 25.3 Å². The first-order valence-electron chi connectivity index (χ1n) is 7.92. The molecule has 1 heterocycles. The first-order chi connectivity index (χ1) is 11.1. The summed E-state index contributed by atoms with van der Waals surface area (Å²) in [6.07, 6.45) is -0.504. The minimum atomic E-state index is -0.791. The molecule has 1 fully saturated rings. The summed E-state index contributed by atoms with van der Waals surface area (Å²) >= 11 is 0. The van der Waals surface area contributed by atoms with Crippen molar-refractivity contribution in [1.29, 1.82) is 0 Å². The summed E-state index contributed by atoms with van der Waals surface area (Å²) in [5, 5.41) is 10.1. The van der Waals surface area contributed by atoms with Gasteiger partial charge in [-0.15, -0.1) is 0 Å². The smallest absolute Gasteiger partial charge is 0.410 e. The Labute approximate surface area is 136 Å². The fourth-order valence-electron chi connectivity index (χ4n) is 2.61. The Hall–Kier alpha value is -2.08. The van der Waals surface area contributed by atoms with Crippen LogP contribution in [0.2, 0.25) is 0 Å². The SMILES string of the molecule is CCOC(=O)[C@H]1CCN(C(=O)OCc2ccccc2)CC[C@H]1O. The number of carbonyl (C=O) groups excluding carboxylic acids is 2. The highest BCUT2D eigenvalue weighted by Gasteiger charge is 2.33. The van der Waals surface area contributed by atoms with Crippen molar-refractivity contribution in [2.24, 2.45) is 5.92 Å². The Bertz CT molecular complexity index is 519. The topological polar surface area (TPSA) is 76.1 Å². The van der Waals surface area contributed by atoms with Gasteiger partial charge >= 0.3 is 12.1 Å². The zero-order valence-corrected chi connectivity index (χ0v) is 13.3. The van der Waals surface area contributed by atoms with E-state index in [0.29, 0.717) is 25.9 Å². The highest BCUT2D eigenvalue weighted by atomic mass is 16.6. The highest BCUT2D eigenvalue weighted by Crippen LogP contribution is 2.20. The Morgan fingerprint density at radius 3 is 2.57 bits per heavy atom. The molecule has 6 nitrogen and oxygen atoms in total. The number of ether oxygens (including phenoxy) is 2. The molecule has 0 unspecified atom stereocenters. The molecule has 1 saturated heterocycles. The summed E-state index contributed by atoms with van der Waals surface area (Å²) in [5.41, 5.74) is 0.917. The van der Waals surface area contributed by atoms with E-state index in [1.807, 2.05) is 30.3 Å². The molecule has 2 atom stereocenters. The average molecular weight is 321 g/mol. The third-order valence-electron chi connectivity index (χ3n) is 3.92. The molecule has 0 aliphatic carbocycles. The summed E-state index contributed by atoms with van der Waals surface area (Å²) in [5.74, 6) is -0.985. The van der Waals surface area contributed by atoms with Gasteiger partial charge in [0.2, 0.25) is 0 Å². The fraction of sp³-hybridized carbons (Fsp3) is 0.529. The Morgan fingerprint density at radius 1 is 1.17 bits per heavy atom. The largest absolute Gasteiger partial charge is 0.466 e. The standard InChI is InChI=1S/C17H23NO5/c1-2-22-16(20)14-8-10-18(11-9-15(14)19)17(21)23-12-13-6-4-3-5-7-13/h3-7,14-15,19H,2,8-12H2,1H3/t14-,15+/m0/s1. The lowest BCUT2D eigenvalue weighted by Gasteiger charge is -2.19. The first kappa shape index (κ1) is 17.3. The van der Waals surface area contributed by atoms with Crippen molar-refractivity contribution >= 4 is 12.1 Å². The van der Waals surface area contributed by atoms with Crippen LogP contribution in [0.25, 0.3) is 0 Å². The molecule has 0 spiro atoms. The number of nitrogens with zero attached hydrogens (tertiary/aromatic N) is 1. The van der Waals surface area contributed by atoms with Crippen molar-refractivity contribution in [3.8, 4) is 0 Å². The van der Waals surface area contributed by atoms with E-state index in [1.165, 1.54) is 4.90 Å². The molecule has 1 aliphatic heterocycles. The van der Waals surface area contributed by atoms with E-state index in [4.69, 9.17) is 9.47 Å². The molecule has 1 aliphatic rings. The van der Waals surface area contributed by atoms with Crippen molar-refractivity contribution in [1.82, 2.24) is 4.90 Å². The van der Waals surface area contributed by atoms with Gasteiger partial charge in [0, 0.05) is 13.1 Å². The third-order valence-corrected chi connectivity index (χ3v) is 3.92. The number of amides is 1. The zero-order chi connectivity index (χ0) is 16.7. The summed E-state index contributed by atoms with van der Waals surface area (Å²) in [4.78, 5) is 25.5. The summed E-state index contributed by atoms with van der Waals surface area (Å²) < 4.78 is 10.3. The number of benzene rings is 1. The van der Waals surface area contributed by atoms with Gasteiger partial charge in [-0.25, -0.2) is 4.79 Å². The van der Waals surface area contributed by atoms with Gasteiger partial charge < -0.3 is 19.5 Å². The maximum absolute atomic E-state index is 12.1. The lowest BCUT2D eigenvalue weighted by molar-refractivity contribution is -0.152. The molecule has 1 aromatic carbocycles. The van der Waals surface area contributed by atoms with Gasteiger partial charge in [-0.2, -0.15) is 0 Å². The number of hydrogen-bond acceptors (Lipinski definition) is 5. The van der Waals surface area contributed by atoms with Gasteiger partial charge in [0.1, 0.15) is 6.61 Å². The van der Waals surface area contributed by atoms with Crippen molar-refractivity contribution < 1.29 is 24.2 Å². The number of esters is 1. The quantitative estimate of drug-likeness (QED) is 0.858. The number of rotatable bonds is 4. The number of carbonyl (C=O) groups is 2. The lowest BCUT2D eigenvalue weighted by Crippen LogP contribution is -2.32. The molecule has 126 valence electrons. The van der Waals surface area contributed by atoms with E-state index < -0.39 is 24.1 Å². The summed E-state index contributed by atoms with van der Waals surface area (Å²) in [7, 11) is 0. The van der Waals surface area contributed by atoms with Crippen LogP contribution in [0, 0.1) is 5.92 Å². The van der Waals surface area contributed by atoms with Crippen LogP contribution < -0.4 is 0 Å². The van der Waals surface area contributed by atoms with E-state index in [-0.39, 0.29) is 13.2 Å². The molecular weight excluding hydrogens is 298 g/mol. The molecule has 0 aromatic heterocycles. The highest BCUT2D eigenvalue weighted by molar-refractivity contribution is 5.73. The van der Waals surface area contributed by atoms with Crippen LogP contribution in [-0.4, -0.2) is 47.9 Å². The van der Waals surface area contributed by atoms with Gasteiger partial charge in [0.25, 0.3) is 0 Å². The van der Waals surface area contributed by atoms with Crippen LogP contribution in [-0.2, 0) is 20.9 Å². The molecule has 2 rings (SSSR count). The first-order valence-corrected chi connectivity index (χ1v) is 7.92. The second-order valence-corrected chi connectivity index (χ2v) is 5.53. The Balaban J connectivity index is 1.86. The Kier molecular flexibility index (Phi) is 6.40. The molecular formula is C17H23NO5. The van der Waals surface area contributed by atoms with Gasteiger partial charge in [-0.05, 0) is 25.3 Å². The van der Waals surface area contributed by atoms with Crippen LogP contribution in [0.4, 0.5) is 4.79 Å². The number of likely N-dealkylation sites (tertiary alicyclic amines) is 1. The maximum atomic E-state index is 12.1. The maximum Gasteiger partial charge on any atom is 0.410 e. The molecule has 0 radical (unpaired) electrons. The number of aliphatic hydroxyl groups is 1. The van der Waals surface area contributed by atoms with Crippen LogP contribution >= 0.6 is 0 Å². The van der Waals surface area contributed by atoms with Gasteiger partial charge in [0.05, 0.1) is 18.6 Å². The van der Waals surface area contributed by atoms with E-state index in [2.05, 4.69) is 0 Å². The fourth-order valence-corrected chi connectivity index (χ4v) is 2.61. The van der Waals surface area contributed by atoms with Crippen molar-refractivity contribution in [2.75, 3.05) is 19.7 Å². The predicted octanol–water partition coefficient (Wildman–Crippen LogP) is 1.96. The minimum absolute atomic E-state index is 0.208. The molecule has 23 heavy (non-hydrogen) atoms. The second-order valence-electron chi connectivity index (χ2n) is 5.53. The average Bonchev–Trinajstić information content (AvgIpc) is 2.76. The second kappa shape index (κ2) is 8.53. The molecule has 1 aromatic rings. The summed E-state index contributed by atoms with van der Waals surface area (Å²) in [6, 6.07) is 9.44. The molecule has 1 amide bonds. The zero-order valence-electron chi connectivity index (χ0n) is 13.3.